The van der Waals surface area contributed by atoms with Gasteiger partial charge in [-0.1, -0.05) is 6.92 Å². The molecular formula is C12H15NO6S2. The molecule has 3 N–H and O–H groups in total. The average Bonchev–Trinajstić information content (AvgIpc) is 2.40. The normalized spacial score (nSPS) is 11.1. The van der Waals surface area contributed by atoms with Crippen LogP contribution in [0, 0.1) is 0 Å². The summed E-state index contributed by atoms with van der Waals surface area (Å²) in [4.78, 5) is 21.9. The van der Waals surface area contributed by atoms with Crippen molar-refractivity contribution in [3.63, 3.8) is 0 Å². The number of anilines is 1. The lowest BCUT2D eigenvalue weighted by Crippen LogP contribution is -2.16. The number of aliphatic carboxylic acids is 1. The fourth-order valence-corrected chi connectivity index (χ4v) is 2.83. The van der Waals surface area contributed by atoms with Crippen molar-refractivity contribution in [2.75, 3.05) is 22.6 Å². The van der Waals surface area contributed by atoms with Gasteiger partial charge in [0, 0.05) is 0 Å². The summed E-state index contributed by atoms with van der Waals surface area (Å²) >= 11 is 0.897. The van der Waals surface area contributed by atoms with E-state index in [1.54, 1.807) is 0 Å². The van der Waals surface area contributed by atoms with Gasteiger partial charge >= 0.3 is 5.97 Å². The molecule has 1 amide bonds. The van der Waals surface area contributed by atoms with Crippen LogP contribution >= 0.6 is 11.8 Å². The zero-order chi connectivity index (χ0) is 16.0. The van der Waals surface area contributed by atoms with Crippen molar-refractivity contribution < 1.29 is 28.2 Å². The van der Waals surface area contributed by atoms with Gasteiger partial charge in [0.2, 0.25) is 5.91 Å². The Morgan fingerprint density at radius 3 is 2.52 bits per heavy atom. The van der Waals surface area contributed by atoms with E-state index in [9.17, 15) is 23.1 Å². The van der Waals surface area contributed by atoms with Crippen LogP contribution in [0.4, 0.5) is 5.69 Å². The Bertz CT molecular complexity index is 641. The minimum absolute atomic E-state index is 0.00344. The number of phenols is 1. The molecule has 0 heterocycles. The van der Waals surface area contributed by atoms with Crippen LogP contribution in [0.5, 0.6) is 5.75 Å². The van der Waals surface area contributed by atoms with E-state index < -0.39 is 21.7 Å². The lowest BCUT2D eigenvalue weighted by Gasteiger charge is -2.09. The zero-order valence-corrected chi connectivity index (χ0v) is 12.8. The monoisotopic (exact) mass is 333 g/mol. The molecule has 0 fully saturated rings. The van der Waals surface area contributed by atoms with E-state index >= 15 is 0 Å². The second-order valence-electron chi connectivity index (χ2n) is 4.02. The molecule has 0 aliphatic carbocycles. The number of amides is 1. The van der Waals surface area contributed by atoms with Crippen LogP contribution in [0.15, 0.2) is 23.1 Å². The topological polar surface area (TPSA) is 121 Å². The Morgan fingerprint density at radius 2 is 1.95 bits per heavy atom. The summed E-state index contributed by atoms with van der Waals surface area (Å²) in [5.74, 6) is -2.25. The van der Waals surface area contributed by atoms with Crippen molar-refractivity contribution in [1.82, 2.24) is 0 Å². The number of hydrogen-bond donors (Lipinski definition) is 3. The molecule has 0 unspecified atom stereocenters. The predicted molar refractivity (Wildman–Crippen MR) is 79.4 cm³/mol. The highest BCUT2D eigenvalue weighted by Crippen LogP contribution is 2.27. The fraction of sp³-hybridized carbons (Fsp3) is 0.333. The first-order valence-corrected chi connectivity index (χ1v) is 8.72. The molecule has 21 heavy (non-hydrogen) atoms. The number of carboxylic acids is 1. The second-order valence-corrected chi connectivity index (χ2v) is 7.28. The van der Waals surface area contributed by atoms with Crippen LogP contribution in [0.25, 0.3) is 0 Å². The first kappa shape index (κ1) is 17.3. The number of phenolic OH excluding ortho intramolecular Hbond substituents is 1. The van der Waals surface area contributed by atoms with E-state index in [0.717, 1.165) is 11.8 Å². The third-order valence-electron chi connectivity index (χ3n) is 2.44. The standard InChI is InChI=1S/C12H15NO6S2/c1-2-21(18,19)8-3-4-10(14)9(5-8)13-11(15)6-20-7-12(16)17/h3-5,14H,2,6-7H2,1H3,(H,13,15)(H,16,17). The number of aromatic hydroxyl groups is 1. The maximum absolute atomic E-state index is 11.7. The summed E-state index contributed by atoms with van der Waals surface area (Å²) in [5, 5.41) is 20.4. The third kappa shape index (κ3) is 5.27. The van der Waals surface area contributed by atoms with Crippen LogP contribution in [0.2, 0.25) is 0 Å². The van der Waals surface area contributed by atoms with Gasteiger partial charge in [0.1, 0.15) is 5.75 Å². The van der Waals surface area contributed by atoms with Gasteiger partial charge in [0.05, 0.1) is 27.8 Å². The lowest BCUT2D eigenvalue weighted by atomic mass is 10.3. The molecule has 9 heteroatoms. The molecule has 1 rings (SSSR count). The van der Waals surface area contributed by atoms with Crippen LogP contribution in [-0.2, 0) is 19.4 Å². The summed E-state index contributed by atoms with van der Waals surface area (Å²) in [6.07, 6.45) is 0. The Hall–Kier alpha value is -1.74. The highest BCUT2D eigenvalue weighted by molar-refractivity contribution is 8.00. The van der Waals surface area contributed by atoms with Crippen LogP contribution in [0.3, 0.4) is 0 Å². The summed E-state index contributed by atoms with van der Waals surface area (Å²) in [6.45, 7) is 1.49. The number of rotatable bonds is 7. The highest BCUT2D eigenvalue weighted by atomic mass is 32.2. The number of carbonyl (C=O) groups is 2. The largest absolute Gasteiger partial charge is 0.506 e. The van der Waals surface area contributed by atoms with Gasteiger partial charge < -0.3 is 15.5 Å². The Kier molecular flexibility index (Phi) is 6.03. The summed E-state index contributed by atoms with van der Waals surface area (Å²) in [6, 6.07) is 3.61. The van der Waals surface area contributed by atoms with Gasteiger partial charge in [-0.3, -0.25) is 9.59 Å². The van der Waals surface area contributed by atoms with Gasteiger partial charge in [0.15, 0.2) is 9.84 Å². The number of carbonyl (C=O) groups excluding carboxylic acids is 1. The van der Waals surface area contributed by atoms with Crippen LogP contribution in [-0.4, -0.2) is 47.8 Å². The van der Waals surface area contributed by atoms with Crippen molar-refractivity contribution in [2.24, 2.45) is 0 Å². The van der Waals surface area contributed by atoms with Gasteiger partial charge in [0.25, 0.3) is 0 Å². The number of benzene rings is 1. The maximum atomic E-state index is 11.7. The zero-order valence-electron chi connectivity index (χ0n) is 11.2. The number of sulfone groups is 1. The highest BCUT2D eigenvalue weighted by Gasteiger charge is 2.15. The van der Waals surface area contributed by atoms with Crippen molar-refractivity contribution in [3.8, 4) is 5.75 Å². The van der Waals surface area contributed by atoms with Gasteiger partial charge in [-0.15, -0.1) is 11.8 Å². The third-order valence-corrected chi connectivity index (χ3v) is 5.09. The van der Waals surface area contributed by atoms with Crippen molar-refractivity contribution in [3.05, 3.63) is 18.2 Å². The van der Waals surface area contributed by atoms with E-state index in [2.05, 4.69) is 5.32 Å². The molecular weight excluding hydrogens is 318 g/mol. The van der Waals surface area contributed by atoms with E-state index in [-0.39, 0.29) is 33.6 Å². The summed E-state index contributed by atoms with van der Waals surface area (Å²) < 4.78 is 23.5. The molecule has 1 aromatic carbocycles. The summed E-state index contributed by atoms with van der Waals surface area (Å²) in [7, 11) is -3.45. The van der Waals surface area contributed by atoms with Crippen LogP contribution in [0.1, 0.15) is 6.92 Å². The maximum Gasteiger partial charge on any atom is 0.313 e. The quantitative estimate of drug-likeness (QED) is 0.635. The summed E-state index contributed by atoms with van der Waals surface area (Å²) in [5.41, 5.74) is -0.0227. The minimum atomic E-state index is -3.45. The van der Waals surface area contributed by atoms with E-state index in [4.69, 9.17) is 5.11 Å². The number of thioether (sulfide) groups is 1. The number of carboxylic acid groups (broad SMARTS) is 1. The van der Waals surface area contributed by atoms with E-state index in [1.165, 1.54) is 25.1 Å². The van der Waals surface area contributed by atoms with E-state index in [1.807, 2.05) is 0 Å². The molecule has 7 nitrogen and oxygen atoms in total. The Labute approximate surface area is 126 Å². The smallest absolute Gasteiger partial charge is 0.313 e. The Balaban J connectivity index is 2.81. The van der Waals surface area contributed by atoms with Crippen LogP contribution < -0.4 is 5.32 Å². The molecule has 0 saturated carbocycles. The van der Waals surface area contributed by atoms with Gasteiger partial charge in [-0.2, -0.15) is 0 Å². The molecule has 0 spiro atoms. The molecule has 0 aromatic heterocycles. The molecule has 0 bridgehead atoms. The lowest BCUT2D eigenvalue weighted by molar-refractivity contribution is -0.133. The molecule has 116 valence electrons. The molecule has 0 atom stereocenters. The van der Waals surface area contributed by atoms with Crippen molar-refractivity contribution >= 4 is 39.2 Å². The predicted octanol–water partition coefficient (Wildman–Crippen LogP) is 0.942. The SMILES string of the molecule is CCS(=O)(=O)c1ccc(O)c(NC(=O)CSCC(=O)O)c1. The average molecular weight is 333 g/mol. The van der Waals surface area contributed by atoms with Crippen molar-refractivity contribution in [1.29, 1.82) is 0 Å². The Morgan fingerprint density at radius 1 is 1.29 bits per heavy atom. The first-order chi connectivity index (χ1) is 9.76. The first-order valence-electron chi connectivity index (χ1n) is 5.91. The van der Waals surface area contributed by atoms with E-state index in [0.29, 0.717) is 0 Å². The fourth-order valence-electron chi connectivity index (χ4n) is 1.39. The number of hydrogen-bond acceptors (Lipinski definition) is 6. The molecule has 0 aliphatic heterocycles. The van der Waals surface area contributed by atoms with Gasteiger partial charge in [-0.25, -0.2) is 8.42 Å². The second kappa shape index (κ2) is 7.32. The molecule has 0 radical (unpaired) electrons. The molecule has 1 aromatic rings. The number of nitrogens with one attached hydrogen (secondary N) is 1. The molecule has 0 aliphatic rings. The molecule has 0 saturated heterocycles. The van der Waals surface area contributed by atoms with Gasteiger partial charge in [-0.05, 0) is 18.2 Å². The van der Waals surface area contributed by atoms with Crippen molar-refractivity contribution in [2.45, 2.75) is 11.8 Å². The minimum Gasteiger partial charge on any atom is -0.506 e.